The van der Waals surface area contributed by atoms with E-state index in [1.807, 2.05) is 0 Å². The van der Waals surface area contributed by atoms with Crippen molar-refractivity contribution in [1.29, 1.82) is 0 Å². The molecule has 2 amide bonds. The number of nitrogens with zero attached hydrogens (tertiary/aromatic N) is 1. The number of ether oxygens (including phenoxy) is 1. The van der Waals surface area contributed by atoms with Crippen LogP contribution < -0.4 is 20.7 Å². The Hall–Kier alpha value is -2.75. The second-order valence-corrected chi connectivity index (χ2v) is 6.13. The lowest BCUT2D eigenvalue weighted by molar-refractivity contribution is -0.274. The highest BCUT2D eigenvalue weighted by Crippen LogP contribution is 2.29. The second kappa shape index (κ2) is 7.87. The fraction of sp³-hybridized carbons (Fsp3) is 0.312. The van der Waals surface area contributed by atoms with Crippen molar-refractivity contribution < 1.29 is 27.5 Å². The van der Waals surface area contributed by atoms with E-state index in [0.29, 0.717) is 0 Å². The Labute approximate surface area is 157 Å². The van der Waals surface area contributed by atoms with Gasteiger partial charge in [-0.25, -0.2) is 0 Å². The molecule has 2 rings (SSSR count). The normalized spacial score (nSPS) is 19.8. The van der Waals surface area contributed by atoms with E-state index in [0.717, 1.165) is 12.1 Å². The summed E-state index contributed by atoms with van der Waals surface area (Å²) in [5, 5.41) is 7.74. The van der Waals surface area contributed by atoms with E-state index in [1.165, 1.54) is 38.5 Å². The Morgan fingerprint density at radius 1 is 1.33 bits per heavy atom. The Bertz CT molecular complexity index is 798. The van der Waals surface area contributed by atoms with E-state index in [9.17, 15) is 22.8 Å². The summed E-state index contributed by atoms with van der Waals surface area (Å²) in [6, 6.07) is 2.76. The SMILES string of the molecule is CC(=O)NC1(C(=O)NC(C)c2cc(Cl)cc(OC(F)(F)F)c2)C=NC=CN1. The molecule has 0 saturated carbocycles. The van der Waals surface area contributed by atoms with E-state index in [1.54, 1.807) is 0 Å². The molecule has 0 radical (unpaired) electrons. The van der Waals surface area contributed by atoms with E-state index < -0.39 is 35.6 Å². The van der Waals surface area contributed by atoms with Crippen LogP contribution >= 0.6 is 11.6 Å². The molecule has 1 aromatic rings. The maximum absolute atomic E-state index is 12.7. The van der Waals surface area contributed by atoms with Crippen molar-refractivity contribution in [3.8, 4) is 5.75 Å². The Morgan fingerprint density at radius 2 is 2.04 bits per heavy atom. The van der Waals surface area contributed by atoms with Gasteiger partial charge in [0.25, 0.3) is 5.91 Å². The molecular formula is C16H16ClF3N4O3. The predicted molar refractivity (Wildman–Crippen MR) is 92.0 cm³/mol. The molecule has 0 saturated heterocycles. The molecule has 146 valence electrons. The minimum absolute atomic E-state index is 0.00436. The van der Waals surface area contributed by atoms with Crippen LogP contribution in [0.1, 0.15) is 25.5 Å². The lowest BCUT2D eigenvalue weighted by atomic mass is 10.1. The summed E-state index contributed by atoms with van der Waals surface area (Å²) in [6.45, 7) is 2.77. The van der Waals surface area contributed by atoms with Gasteiger partial charge < -0.3 is 20.7 Å². The first-order valence-electron chi connectivity index (χ1n) is 7.64. The van der Waals surface area contributed by atoms with Crippen LogP contribution in [-0.4, -0.2) is 30.1 Å². The van der Waals surface area contributed by atoms with Crippen LogP contribution in [0.25, 0.3) is 0 Å². The number of benzene rings is 1. The molecular weight excluding hydrogens is 389 g/mol. The van der Waals surface area contributed by atoms with Crippen molar-refractivity contribution >= 4 is 29.6 Å². The van der Waals surface area contributed by atoms with Gasteiger partial charge in [0.05, 0.1) is 12.3 Å². The van der Waals surface area contributed by atoms with Crippen LogP contribution in [-0.2, 0) is 9.59 Å². The van der Waals surface area contributed by atoms with Crippen molar-refractivity contribution in [2.75, 3.05) is 0 Å². The number of carbonyl (C=O) groups is 2. The summed E-state index contributed by atoms with van der Waals surface area (Å²) in [4.78, 5) is 28.0. The topological polar surface area (TPSA) is 91.8 Å². The number of amides is 2. The molecule has 2 unspecified atom stereocenters. The maximum Gasteiger partial charge on any atom is 0.573 e. The molecule has 3 N–H and O–H groups in total. The monoisotopic (exact) mass is 404 g/mol. The molecule has 1 aliphatic rings. The van der Waals surface area contributed by atoms with E-state index in [4.69, 9.17) is 11.6 Å². The van der Waals surface area contributed by atoms with Gasteiger partial charge in [0.2, 0.25) is 11.6 Å². The molecule has 1 heterocycles. The van der Waals surface area contributed by atoms with Crippen molar-refractivity contribution in [1.82, 2.24) is 16.0 Å². The molecule has 1 aromatic carbocycles. The van der Waals surface area contributed by atoms with Gasteiger partial charge in [0.1, 0.15) is 5.75 Å². The third-order valence-corrected chi connectivity index (χ3v) is 3.66. The van der Waals surface area contributed by atoms with Crippen molar-refractivity contribution in [3.63, 3.8) is 0 Å². The average molecular weight is 405 g/mol. The van der Waals surface area contributed by atoms with Gasteiger partial charge in [0.15, 0.2) is 0 Å². The van der Waals surface area contributed by atoms with Crippen LogP contribution in [0, 0.1) is 0 Å². The molecule has 2 atom stereocenters. The Morgan fingerprint density at radius 3 is 2.59 bits per heavy atom. The summed E-state index contributed by atoms with van der Waals surface area (Å²) in [5.74, 6) is -1.67. The standard InChI is InChI=1S/C16H16ClF3N4O3/c1-9(11-5-12(17)7-13(6-11)27-16(18,19)20)23-14(26)15(24-10(2)25)8-21-3-4-22-15/h3-9,22H,1-2H3,(H,23,26)(H,24,25). The highest BCUT2D eigenvalue weighted by molar-refractivity contribution is 6.30. The second-order valence-electron chi connectivity index (χ2n) is 5.69. The van der Waals surface area contributed by atoms with Crippen molar-refractivity contribution in [2.24, 2.45) is 4.99 Å². The van der Waals surface area contributed by atoms with Crippen LogP contribution in [0.4, 0.5) is 13.2 Å². The first-order valence-corrected chi connectivity index (χ1v) is 8.01. The van der Waals surface area contributed by atoms with Crippen LogP contribution in [0.5, 0.6) is 5.75 Å². The van der Waals surface area contributed by atoms with Crippen LogP contribution in [0.3, 0.4) is 0 Å². The quantitative estimate of drug-likeness (QED) is 0.702. The molecule has 0 aliphatic carbocycles. The van der Waals surface area contributed by atoms with Gasteiger partial charge in [-0.15, -0.1) is 13.2 Å². The third-order valence-electron chi connectivity index (χ3n) is 3.45. The summed E-state index contributed by atoms with van der Waals surface area (Å²) >= 11 is 5.84. The minimum Gasteiger partial charge on any atom is -0.406 e. The fourth-order valence-corrected chi connectivity index (χ4v) is 2.59. The van der Waals surface area contributed by atoms with Crippen molar-refractivity contribution in [2.45, 2.75) is 31.9 Å². The zero-order valence-corrected chi connectivity index (χ0v) is 15.0. The Balaban J connectivity index is 2.21. The van der Waals surface area contributed by atoms with Gasteiger partial charge in [-0.05, 0) is 30.7 Å². The van der Waals surface area contributed by atoms with Gasteiger partial charge in [-0.2, -0.15) is 0 Å². The molecule has 11 heteroatoms. The summed E-state index contributed by atoms with van der Waals surface area (Å²) in [7, 11) is 0. The molecule has 0 aromatic heterocycles. The van der Waals surface area contributed by atoms with E-state index in [2.05, 4.69) is 25.7 Å². The number of nitrogens with one attached hydrogen (secondary N) is 3. The number of rotatable bonds is 5. The fourth-order valence-electron chi connectivity index (χ4n) is 2.35. The van der Waals surface area contributed by atoms with Gasteiger partial charge in [-0.1, -0.05) is 11.6 Å². The van der Waals surface area contributed by atoms with Crippen LogP contribution in [0.2, 0.25) is 5.02 Å². The molecule has 0 fully saturated rings. The largest absolute Gasteiger partial charge is 0.573 e. The van der Waals surface area contributed by atoms with Gasteiger partial charge in [-0.3, -0.25) is 14.6 Å². The first-order chi connectivity index (χ1) is 12.5. The lowest BCUT2D eigenvalue weighted by Gasteiger charge is -2.32. The zero-order valence-electron chi connectivity index (χ0n) is 14.2. The summed E-state index contributed by atoms with van der Waals surface area (Å²) in [6.07, 6.45) is -0.922. The molecule has 0 bridgehead atoms. The van der Waals surface area contributed by atoms with E-state index in [-0.39, 0.29) is 10.6 Å². The van der Waals surface area contributed by atoms with E-state index >= 15 is 0 Å². The smallest absolute Gasteiger partial charge is 0.406 e. The number of hydrogen-bond donors (Lipinski definition) is 3. The maximum atomic E-state index is 12.7. The minimum atomic E-state index is -4.88. The first kappa shape index (κ1) is 20.6. The molecule has 0 spiro atoms. The van der Waals surface area contributed by atoms with Crippen LogP contribution in [0.15, 0.2) is 35.6 Å². The highest BCUT2D eigenvalue weighted by Gasteiger charge is 2.39. The summed E-state index contributed by atoms with van der Waals surface area (Å²) < 4.78 is 41.1. The number of halogens is 4. The molecule has 7 nitrogen and oxygen atoms in total. The predicted octanol–water partition coefficient (Wildman–Crippen LogP) is 2.39. The van der Waals surface area contributed by atoms with Gasteiger partial charge >= 0.3 is 6.36 Å². The Kier molecular flexibility index (Phi) is 5.99. The zero-order chi connectivity index (χ0) is 20.2. The molecule has 1 aliphatic heterocycles. The third kappa shape index (κ3) is 5.61. The summed E-state index contributed by atoms with van der Waals surface area (Å²) in [5.41, 5.74) is -1.35. The number of alkyl halides is 3. The number of hydrogen-bond acceptors (Lipinski definition) is 5. The van der Waals surface area contributed by atoms with Gasteiger partial charge in [0, 0.05) is 24.3 Å². The highest BCUT2D eigenvalue weighted by atomic mass is 35.5. The van der Waals surface area contributed by atoms with Crippen molar-refractivity contribution in [3.05, 3.63) is 41.2 Å². The lowest BCUT2D eigenvalue weighted by Crippen LogP contribution is -2.67. The average Bonchev–Trinajstić information content (AvgIpc) is 2.52. The number of aliphatic imine (C=N–C) groups is 1. The number of carbonyl (C=O) groups excluding carboxylic acids is 2. The molecule has 27 heavy (non-hydrogen) atoms.